The van der Waals surface area contributed by atoms with Crippen LogP contribution in [-0.4, -0.2) is 21.7 Å². The molecule has 0 bridgehead atoms. The molecule has 1 aliphatic carbocycles. The van der Waals surface area contributed by atoms with E-state index in [1.54, 1.807) is 0 Å². The van der Waals surface area contributed by atoms with E-state index in [-0.39, 0.29) is 0 Å². The fraction of sp³-hybridized carbons (Fsp3) is 0.818. The van der Waals surface area contributed by atoms with Gasteiger partial charge in [0, 0.05) is 12.3 Å². The summed E-state index contributed by atoms with van der Waals surface area (Å²) in [6.07, 6.45) is 8.47. The molecule has 0 radical (unpaired) electrons. The van der Waals surface area contributed by atoms with Crippen LogP contribution >= 0.6 is 0 Å². The second-order valence-electron chi connectivity index (χ2n) is 4.37. The molecule has 0 spiro atoms. The predicted octanol–water partition coefficient (Wildman–Crippen LogP) is 1.74. The van der Waals surface area contributed by atoms with Gasteiger partial charge in [0.05, 0.1) is 0 Å². The van der Waals surface area contributed by atoms with Gasteiger partial charge in [0.1, 0.15) is 5.82 Å². The molecule has 84 valence electrons. The zero-order valence-electron chi connectivity index (χ0n) is 9.21. The number of nitrogens with zero attached hydrogens (tertiary/aromatic N) is 2. The van der Waals surface area contributed by atoms with Crippen LogP contribution in [0.1, 0.15) is 56.1 Å². The summed E-state index contributed by atoms with van der Waals surface area (Å²) in [5.41, 5.74) is 5.46. The normalized spacial score (nSPS) is 18.2. The lowest BCUT2D eigenvalue weighted by Gasteiger charge is -2.17. The van der Waals surface area contributed by atoms with Crippen LogP contribution in [0.2, 0.25) is 0 Å². The van der Waals surface area contributed by atoms with E-state index in [0.717, 1.165) is 31.0 Å². The van der Waals surface area contributed by atoms with Crippen molar-refractivity contribution in [3.8, 4) is 0 Å². The Balaban J connectivity index is 1.93. The number of H-pyrrole nitrogens is 1. The molecule has 4 nitrogen and oxygen atoms in total. The van der Waals surface area contributed by atoms with Gasteiger partial charge in [-0.1, -0.05) is 19.3 Å². The first-order chi connectivity index (χ1) is 7.40. The molecular formula is C11H20N4. The highest BCUT2D eigenvalue weighted by Crippen LogP contribution is 2.30. The first kappa shape index (κ1) is 10.6. The number of rotatable bonds is 4. The van der Waals surface area contributed by atoms with E-state index in [2.05, 4.69) is 15.2 Å². The number of aromatic amines is 1. The molecule has 1 saturated carbocycles. The lowest BCUT2D eigenvalue weighted by atomic mass is 9.89. The Labute approximate surface area is 90.7 Å². The van der Waals surface area contributed by atoms with Crippen molar-refractivity contribution in [1.82, 2.24) is 15.2 Å². The molecule has 1 aromatic heterocycles. The quantitative estimate of drug-likeness (QED) is 0.792. The third-order valence-electron chi connectivity index (χ3n) is 3.14. The maximum atomic E-state index is 5.46. The van der Waals surface area contributed by atoms with Gasteiger partial charge >= 0.3 is 0 Å². The minimum atomic E-state index is 0.599. The Hall–Kier alpha value is -0.900. The first-order valence-corrected chi connectivity index (χ1v) is 6.01. The Morgan fingerprint density at radius 3 is 2.80 bits per heavy atom. The molecule has 1 heterocycles. The Kier molecular flexibility index (Phi) is 3.72. The van der Waals surface area contributed by atoms with Gasteiger partial charge in [-0.25, -0.2) is 4.98 Å². The molecule has 0 aromatic carbocycles. The van der Waals surface area contributed by atoms with Crippen LogP contribution in [0.25, 0.3) is 0 Å². The van der Waals surface area contributed by atoms with Gasteiger partial charge in [-0.05, 0) is 25.8 Å². The predicted molar refractivity (Wildman–Crippen MR) is 59.6 cm³/mol. The second kappa shape index (κ2) is 5.26. The average molecular weight is 208 g/mol. The molecule has 2 rings (SSSR count). The summed E-state index contributed by atoms with van der Waals surface area (Å²) in [5, 5.41) is 7.34. The number of hydrogen-bond donors (Lipinski definition) is 2. The highest BCUT2D eigenvalue weighted by Gasteiger charge is 2.19. The van der Waals surface area contributed by atoms with E-state index < -0.39 is 0 Å². The summed E-state index contributed by atoms with van der Waals surface area (Å²) in [4.78, 5) is 4.55. The number of aryl methyl sites for hydroxylation is 1. The van der Waals surface area contributed by atoms with Crippen LogP contribution in [0.3, 0.4) is 0 Å². The van der Waals surface area contributed by atoms with Crippen molar-refractivity contribution in [1.29, 1.82) is 0 Å². The lowest BCUT2D eigenvalue weighted by molar-refractivity contribution is 0.429. The standard InChI is InChI=1S/C11H20N4/c12-8-4-7-10-13-11(15-14-10)9-5-2-1-3-6-9/h9H,1-8,12H2,(H,13,14,15). The van der Waals surface area contributed by atoms with E-state index in [4.69, 9.17) is 5.73 Å². The van der Waals surface area contributed by atoms with Gasteiger partial charge in [0.25, 0.3) is 0 Å². The van der Waals surface area contributed by atoms with Crippen molar-refractivity contribution in [3.63, 3.8) is 0 Å². The van der Waals surface area contributed by atoms with Crippen LogP contribution in [0.4, 0.5) is 0 Å². The third-order valence-corrected chi connectivity index (χ3v) is 3.14. The van der Waals surface area contributed by atoms with Crippen molar-refractivity contribution in [2.75, 3.05) is 6.54 Å². The van der Waals surface area contributed by atoms with Crippen molar-refractivity contribution >= 4 is 0 Å². The van der Waals surface area contributed by atoms with Crippen LogP contribution in [-0.2, 0) is 6.42 Å². The number of nitrogens with two attached hydrogens (primary N) is 1. The molecule has 0 unspecified atom stereocenters. The summed E-state index contributed by atoms with van der Waals surface area (Å²) >= 11 is 0. The van der Waals surface area contributed by atoms with E-state index >= 15 is 0 Å². The molecular weight excluding hydrogens is 188 g/mol. The van der Waals surface area contributed by atoms with E-state index in [0.29, 0.717) is 5.92 Å². The molecule has 0 amide bonds. The summed E-state index contributed by atoms with van der Waals surface area (Å²) in [7, 11) is 0. The van der Waals surface area contributed by atoms with Gasteiger partial charge in [0.2, 0.25) is 0 Å². The second-order valence-corrected chi connectivity index (χ2v) is 4.37. The zero-order valence-corrected chi connectivity index (χ0v) is 9.21. The minimum Gasteiger partial charge on any atom is -0.330 e. The number of aromatic nitrogens is 3. The van der Waals surface area contributed by atoms with Gasteiger partial charge in [-0.3, -0.25) is 5.10 Å². The highest BCUT2D eigenvalue weighted by atomic mass is 15.2. The zero-order chi connectivity index (χ0) is 10.5. The Bertz CT molecular complexity index is 289. The molecule has 0 aliphatic heterocycles. The number of hydrogen-bond acceptors (Lipinski definition) is 3. The van der Waals surface area contributed by atoms with Crippen LogP contribution in [0, 0.1) is 0 Å². The molecule has 0 saturated heterocycles. The summed E-state index contributed by atoms with van der Waals surface area (Å²) < 4.78 is 0. The largest absolute Gasteiger partial charge is 0.330 e. The molecule has 1 aliphatic rings. The maximum Gasteiger partial charge on any atom is 0.153 e. The summed E-state index contributed by atoms with van der Waals surface area (Å²) in [6.45, 7) is 0.722. The minimum absolute atomic E-state index is 0.599. The van der Waals surface area contributed by atoms with Crippen molar-refractivity contribution in [2.45, 2.75) is 50.9 Å². The summed E-state index contributed by atoms with van der Waals surface area (Å²) in [6, 6.07) is 0. The van der Waals surface area contributed by atoms with Crippen molar-refractivity contribution in [2.24, 2.45) is 5.73 Å². The number of nitrogens with one attached hydrogen (secondary N) is 1. The molecule has 15 heavy (non-hydrogen) atoms. The molecule has 0 atom stereocenters. The van der Waals surface area contributed by atoms with E-state index in [9.17, 15) is 0 Å². The van der Waals surface area contributed by atoms with Gasteiger partial charge in [-0.15, -0.1) is 0 Å². The van der Waals surface area contributed by atoms with Gasteiger partial charge < -0.3 is 5.73 Å². The smallest absolute Gasteiger partial charge is 0.153 e. The monoisotopic (exact) mass is 208 g/mol. The fourth-order valence-corrected chi connectivity index (χ4v) is 2.23. The van der Waals surface area contributed by atoms with Crippen molar-refractivity contribution < 1.29 is 0 Å². The SMILES string of the molecule is NCCCc1nc(C2CCCCC2)n[nH]1. The Morgan fingerprint density at radius 1 is 1.27 bits per heavy atom. The van der Waals surface area contributed by atoms with E-state index in [1.165, 1.54) is 32.1 Å². The fourth-order valence-electron chi connectivity index (χ4n) is 2.23. The average Bonchev–Trinajstić information content (AvgIpc) is 2.76. The van der Waals surface area contributed by atoms with Crippen LogP contribution < -0.4 is 5.73 Å². The molecule has 4 heteroatoms. The summed E-state index contributed by atoms with van der Waals surface area (Å²) in [5.74, 6) is 2.63. The first-order valence-electron chi connectivity index (χ1n) is 6.01. The van der Waals surface area contributed by atoms with Gasteiger partial charge in [-0.2, -0.15) is 5.10 Å². The van der Waals surface area contributed by atoms with Gasteiger partial charge in [0.15, 0.2) is 5.82 Å². The molecule has 3 N–H and O–H groups in total. The van der Waals surface area contributed by atoms with Crippen LogP contribution in [0.15, 0.2) is 0 Å². The highest BCUT2D eigenvalue weighted by molar-refractivity contribution is 4.99. The molecule has 1 aromatic rings. The van der Waals surface area contributed by atoms with Crippen molar-refractivity contribution in [3.05, 3.63) is 11.6 Å². The maximum absolute atomic E-state index is 5.46. The van der Waals surface area contributed by atoms with E-state index in [1.807, 2.05) is 0 Å². The Morgan fingerprint density at radius 2 is 2.07 bits per heavy atom. The third kappa shape index (κ3) is 2.78. The van der Waals surface area contributed by atoms with Crippen LogP contribution in [0.5, 0.6) is 0 Å². The lowest BCUT2D eigenvalue weighted by Crippen LogP contribution is -2.06. The topological polar surface area (TPSA) is 67.6 Å². The molecule has 1 fully saturated rings.